The van der Waals surface area contributed by atoms with Gasteiger partial charge in [0.15, 0.2) is 0 Å². The number of benzene rings is 5. The molecular weight excluding hydrogens is 561 g/mol. The molecule has 45 heavy (non-hydrogen) atoms. The molecule has 0 aliphatic heterocycles. The topological polar surface area (TPSA) is 4.93 Å². The Bertz CT molecular complexity index is 2070. The van der Waals surface area contributed by atoms with E-state index in [9.17, 15) is 0 Å². The quantitative estimate of drug-likeness (QED) is 0.168. The first-order valence-electron chi connectivity index (χ1n) is 15.8. The summed E-state index contributed by atoms with van der Waals surface area (Å²) in [5.41, 5.74) is 15.8. The monoisotopic (exact) mass is 599 g/mol. The van der Waals surface area contributed by atoms with Gasteiger partial charge in [-0.1, -0.05) is 129 Å². The zero-order chi connectivity index (χ0) is 31.2. The highest BCUT2D eigenvalue weighted by atomic mass is 32.1. The fourth-order valence-electron chi connectivity index (χ4n) is 7.45. The van der Waals surface area contributed by atoms with Crippen molar-refractivity contribution in [2.75, 3.05) is 0 Å². The van der Waals surface area contributed by atoms with Gasteiger partial charge in [0.05, 0.1) is 11.0 Å². The number of nitrogens with zero attached hydrogens (tertiary/aromatic N) is 1. The maximum atomic E-state index is 2.37. The second-order valence-corrected chi connectivity index (χ2v) is 13.7. The summed E-state index contributed by atoms with van der Waals surface area (Å²) in [5, 5.41) is 2.58. The summed E-state index contributed by atoms with van der Waals surface area (Å²) < 4.78 is 3.76. The number of hydrogen-bond donors (Lipinski definition) is 0. The van der Waals surface area contributed by atoms with E-state index in [1.54, 1.807) is 0 Å². The lowest BCUT2D eigenvalue weighted by Crippen LogP contribution is -2.54. The van der Waals surface area contributed by atoms with Gasteiger partial charge in [0.1, 0.15) is 0 Å². The van der Waals surface area contributed by atoms with Gasteiger partial charge in [0, 0.05) is 21.3 Å². The van der Waals surface area contributed by atoms with E-state index in [0.717, 1.165) is 0 Å². The van der Waals surface area contributed by atoms with Crippen molar-refractivity contribution in [1.82, 2.24) is 4.57 Å². The third kappa shape index (κ3) is 5.36. The van der Waals surface area contributed by atoms with Crippen molar-refractivity contribution < 1.29 is 0 Å². The van der Waals surface area contributed by atoms with Crippen LogP contribution in [0, 0.1) is 41.5 Å². The van der Waals surface area contributed by atoms with Crippen LogP contribution in [0.4, 0.5) is 0 Å². The number of rotatable bonds is 6. The Balaban J connectivity index is 1.23. The molecule has 0 unspecified atom stereocenters. The molecule has 0 fully saturated rings. The van der Waals surface area contributed by atoms with Crippen molar-refractivity contribution >= 4 is 67.7 Å². The average molecular weight is 600 g/mol. The zero-order valence-corrected chi connectivity index (χ0v) is 27.8. The van der Waals surface area contributed by atoms with Gasteiger partial charge < -0.3 is 4.57 Å². The maximum absolute atomic E-state index is 2.37. The van der Waals surface area contributed by atoms with Crippen molar-refractivity contribution in [3.63, 3.8) is 0 Å². The molecule has 0 radical (unpaired) electrons. The minimum atomic E-state index is 0.212. The molecule has 2 heterocycles. The van der Waals surface area contributed by atoms with Crippen molar-refractivity contribution in [3.05, 3.63) is 153 Å². The number of hydrogen-bond acceptors (Lipinski definition) is 1. The number of para-hydroxylation sites is 2. The Kier molecular flexibility index (Phi) is 7.59. The van der Waals surface area contributed by atoms with Crippen LogP contribution in [-0.2, 0) is 0 Å². The summed E-state index contributed by atoms with van der Waals surface area (Å²) in [6.45, 7) is 13.7. The molecule has 0 bridgehead atoms. The Morgan fingerprint density at radius 2 is 1.02 bits per heavy atom. The second kappa shape index (κ2) is 11.7. The first-order chi connectivity index (χ1) is 21.8. The highest BCUT2D eigenvalue weighted by molar-refractivity contribution is 7.28. The fraction of sp³-hybridized carbons (Fsp3) is 0.143. The Morgan fingerprint density at radius 3 is 1.53 bits per heavy atom. The molecule has 0 spiro atoms. The van der Waals surface area contributed by atoms with Crippen LogP contribution in [0.5, 0.6) is 0 Å². The van der Waals surface area contributed by atoms with Crippen LogP contribution in [0.2, 0.25) is 0 Å². The van der Waals surface area contributed by atoms with Gasteiger partial charge in [0.25, 0.3) is 6.71 Å². The van der Waals surface area contributed by atoms with E-state index in [2.05, 4.69) is 167 Å². The highest BCUT2D eigenvalue weighted by Gasteiger charge is 2.29. The lowest BCUT2D eigenvalue weighted by Gasteiger charge is -2.23. The summed E-state index contributed by atoms with van der Waals surface area (Å²) >= 11 is 1.91. The molecule has 0 aliphatic carbocycles. The van der Waals surface area contributed by atoms with Gasteiger partial charge in [-0.25, -0.2) is 0 Å². The number of fused-ring (bicyclic) bond motifs is 3. The van der Waals surface area contributed by atoms with Gasteiger partial charge >= 0.3 is 0 Å². The molecule has 220 valence electrons. The van der Waals surface area contributed by atoms with Gasteiger partial charge in [-0.05, 0) is 88.3 Å². The predicted molar refractivity (Wildman–Crippen MR) is 200 cm³/mol. The molecule has 0 saturated carbocycles. The molecular formula is C42H38BNS. The standard InChI is InChI=1S/C42H38BNS/c1-27-23-29(3)41(30(4)24-27)43(42-31(5)25-28(2)26-32(42)6)40-22-21-35(45-40)20-17-33-15-18-34(19-16-33)44-38-13-9-7-11-36(38)37-12-8-10-14-39(37)44/h7-26H,1-6H3/b20-17+. The molecule has 2 aromatic heterocycles. The van der Waals surface area contributed by atoms with Gasteiger partial charge in [-0.2, -0.15) is 0 Å². The Labute approximate surface area is 271 Å². The molecule has 0 N–H and O–H groups in total. The van der Waals surface area contributed by atoms with Crippen LogP contribution in [-0.4, -0.2) is 11.3 Å². The smallest absolute Gasteiger partial charge is 0.255 e. The average Bonchev–Trinajstić information content (AvgIpc) is 3.61. The van der Waals surface area contributed by atoms with E-state index in [1.807, 2.05) is 11.3 Å². The van der Waals surface area contributed by atoms with Gasteiger partial charge in [-0.15, -0.1) is 11.3 Å². The molecule has 0 saturated heterocycles. The Morgan fingerprint density at radius 1 is 0.533 bits per heavy atom. The van der Waals surface area contributed by atoms with Crippen LogP contribution < -0.4 is 15.7 Å². The van der Waals surface area contributed by atoms with E-state index < -0.39 is 0 Å². The summed E-state index contributed by atoms with van der Waals surface area (Å²) in [5.74, 6) is 0. The van der Waals surface area contributed by atoms with Crippen LogP contribution >= 0.6 is 11.3 Å². The van der Waals surface area contributed by atoms with Crippen LogP contribution in [0.15, 0.2) is 109 Å². The third-order valence-corrected chi connectivity index (χ3v) is 10.3. The largest absolute Gasteiger partial charge is 0.309 e. The summed E-state index contributed by atoms with van der Waals surface area (Å²) in [4.78, 5) is 1.27. The van der Waals surface area contributed by atoms with Crippen molar-refractivity contribution in [3.8, 4) is 5.69 Å². The highest BCUT2D eigenvalue weighted by Crippen LogP contribution is 2.32. The van der Waals surface area contributed by atoms with Crippen molar-refractivity contribution in [1.29, 1.82) is 0 Å². The zero-order valence-electron chi connectivity index (χ0n) is 27.0. The van der Waals surface area contributed by atoms with E-state index in [-0.39, 0.29) is 6.71 Å². The molecule has 3 heteroatoms. The van der Waals surface area contributed by atoms with Crippen LogP contribution in [0.25, 0.3) is 39.6 Å². The molecule has 0 aliphatic rings. The number of thiophene rings is 1. The number of aryl methyl sites for hydroxylation is 6. The predicted octanol–water partition coefficient (Wildman–Crippen LogP) is 9.38. The third-order valence-electron chi connectivity index (χ3n) is 9.16. The normalized spacial score (nSPS) is 11.7. The Hall–Kier alpha value is -4.60. The summed E-state index contributed by atoms with van der Waals surface area (Å²) in [7, 11) is 0. The molecule has 0 amide bonds. The van der Waals surface area contributed by atoms with E-state index in [4.69, 9.17) is 0 Å². The van der Waals surface area contributed by atoms with Crippen LogP contribution in [0.1, 0.15) is 43.8 Å². The molecule has 0 atom stereocenters. The van der Waals surface area contributed by atoms with Crippen molar-refractivity contribution in [2.24, 2.45) is 0 Å². The van der Waals surface area contributed by atoms with Crippen LogP contribution in [0.3, 0.4) is 0 Å². The fourth-order valence-corrected chi connectivity index (χ4v) is 8.48. The van der Waals surface area contributed by atoms with E-state index in [0.29, 0.717) is 0 Å². The first-order valence-corrected chi connectivity index (χ1v) is 16.6. The molecule has 7 aromatic rings. The number of aromatic nitrogens is 1. The van der Waals surface area contributed by atoms with E-state index >= 15 is 0 Å². The molecule has 7 rings (SSSR count). The lowest BCUT2D eigenvalue weighted by atomic mass is 9.37. The first kappa shape index (κ1) is 29.1. The van der Waals surface area contributed by atoms with Gasteiger partial charge in [-0.3, -0.25) is 0 Å². The van der Waals surface area contributed by atoms with Gasteiger partial charge in [0.2, 0.25) is 0 Å². The molecule has 5 aromatic carbocycles. The summed E-state index contributed by atoms with van der Waals surface area (Å²) in [6, 6.07) is 40.3. The van der Waals surface area contributed by atoms with Crippen molar-refractivity contribution in [2.45, 2.75) is 41.5 Å². The minimum absolute atomic E-state index is 0.212. The second-order valence-electron chi connectivity index (χ2n) is 12.6. The maximum Gasteiger partial charge on any atom is 0.255 e. The minimum Gasteiger partial charge on any atom is -0.309 e. The molecule has 1 nitrogen and oxygen atoms in total. The SMILES string of the molecule is Cc1cc(C)c(B(c2ccc(/C=C/c3ccc(-n4c5ccccc5c5ccccc54)cc3)s2)c2c(C)cc(C)cc2C)c(C)c1. The van der Waals surface area contributed by atoms with E-state index in [1.165, 1.54) is 87.0 Å². The lowest BCUT2D eigenvalue weighted by molar-refractivity contribution is 1.18. The summed E-state index contributed by atoms with van der Waals surface area (Å²) in [6.07, 6.45) is 4.51.